The van der Waals surface area contributed by atoms with Gasteiger partial charge < -0.3 is 9.84 Å². The fourth-order valence-electron chi connectivity index (χ4n) is 0.379. The SMILES string of the molecule is OC/C=C/C1CO1. The summed E-state index contributed by atoms with van der Waals surface area (Å²) >= 11 is 0. The minimum absolute atomic E-state index is 0.125. The van der Waals surface area contributed by atoms with Crippen molar-refractivity contribution in [1.29, 1.82) is 0 Å². The Morgan fingerprint density at radius 1 is 1.86 bits per heavy atom. The third-order valence-corrected chi connectivity index (χ3v) is 0.815. The van der Waals surface area contributed by atoms with Crippen LogP contribution >= 0.6 is 0 Å². The second-order valence-corrected chi connectivity index (χ2v) is 1.48. The van der Waals surface area contributed by atoms with E-state index in [1.165, 1.54) is 0 Å². The van der Waals surface area contributed by atoms with Crippen molar-refractivity contribution in [2.45, 2.75) is 6.10 Å². The van der Waals surface area contributed by atoms with Gasteiger partial charge in [0.05, 0.1) is 19.3 Å². The van der Waals surface area contributed by atoms with Crippen LogP contribution in [0.5, 0.6) is 0 Å². The van der Waals surface area contributed by atoms with Gasteiger partial charge in [-0.25, -0.2) is 0 Å². The monoisotopic (exact) mass is 100 g/mol. The molecule has 7 heavy (non-hydrogen) atoms. The van der Waals surface area contributed by atoms with Crippen molar-refractivity contribution in [3.05, 3.63) is 12.2 Å². The van der Waals surface area contributed by atoms with Gasteiger partial charge in [-0.1, -0.05) is 12.2 Å². The summed E-state index contributed by atoms with van der Waals surface area (Å²) in [6.07, 6.45) is 3.87. The summed E-state index contributed by atoms with van der Waals surface area (Å²) in [7, 11) is 0. The maximum absolute atomic E-state index is 8.20. The van der Waals surface area contributed by atoms with Crippen molar-refractivity contribution in [2.75, 3.05) is 13.2 Å². The van der Waals surface area contributed by atoms with E-state index in [4.69, 9.17) is 9.84 Å². The van der Waals surface area contributed by atoms with Crippen molar-refractivity contribution in [3.63, 3.8) is 0 Å². The first-order valence-corrected chi connectivity index (χ1v) is 2.32. The highest BCUT2D eigenvalue weighted by Gasteiger charge is 2.17. The van der Waals surface area contributed by atoms with Crippen molar-refractivity contribution >= 4 is 0 Å². The van der Waals surface area contributed by atoms with E-state index in [0.717, 1.165) is 6.61 Å². The van der Waals surface area contributed by atoms with Gasteiger partial charge in [-0.05, 0) is 0 Å². The Labute approximate surface area is 42.4 Å². The van der Waals surface area contributed by atoms with Crippen molar-refractivity contribution in [3.8, 4) is 0 Å². The Kier molecular flexibility index (Phi) is 1.44. The first-order chi connectivity index (χ1) is 3.43. The zero-order valence-electron chi connectivity index (χ0n) is 4.00. The lowest BCUT2D eigenvalue weighted by Gasteiger charge is -1.73. The first kappa shape index (κ1) is 4.81. The minimum Gasteiger partial charge on any atom is -0.392 e. The molecular formula is C5H8O2. The molecule has 0 aliphatic carbocycles. The molecule has 0 spiro atoms. The quantitative estimate of drug-likeness (QED) is 0.389. The van der Waals surface area contributed by atoms with Gasteiger partial charge in [0.25, 0.3) is 0 Å². The maximum atomic E-state index is 8.20. The smallest absolute Gasteiger partial charge is 0.0991 e. The topological polar surface area (TPSA) is 32.8 Å². The molecule has 1 aliphatic rings. The number of hydrogen-bond donors (Lipinski definition) is 1. The van der Waals surface area contributed by atoms with Crippen LogP contribution in [0.2, 0.25) is 0 Å². The standard InChI is InChI=1S/C5H8O2/c6-3-1-2-5-4-7-5/h1-2,5-6H,3-4H2/b2-1+. The normalized spacial score (nSPS) is 29.0. The van der Waals surface area contributed by atoms with Gasteiger partial charge in [0.15, 0.2) is 0 Å². The van der Waals surface area contributed by atoms with Crippen molar-refractivity contribution in [2.24, 2.45) is 0 Å². The molecule has 2 nitrogen and oxygen atoms in total. The predicted octanol–water partition coefficient (Wildman–Crippen LogP) is -0.0663. The van der Waals surface area contributed by atoms with Crippen LogP contribution in [-0.4, -0.2) is 24.4 Å². The highest BCUT2D eigenvalue weighted by atomic mass is 16.6. The molecule has 1 aliphatic heterocycles. The summed E-state index contributed by atoms with van der Waals surface area (Å²) in [5.41, 5.74) is 0. The Morgan fingerprint density at radius 2 is 2.57 bits per heavy atom. The molecule has 2 heteroatoms. The number of ether oxygens (including phenoxy) is 1. The van der Waals surface area contributed by atoms with Crippen LogP contribution in [-0.2, 0) is 4.74 Å². The summed E-state index contributed by atoms with van der Waals surface area (Å²) < 4.78 is 4.81. The molecule has 1 N–H and O–H groups in total. The van der Waals surface area contributed by atoms with Gasteiger partial charge in [0.2, 0.25) is 0 Å². The van der Waals surface area contributed by atoms with Gasteiger partial charge in [-0.3, -0.25) is 0 Å². The van der Waals surface area contributed by atoms with Gasteiger partial charge in [-0.2, -0.15) is 0 Å². The molecule has 1 heterocycles. The third kappa shape index (κ3) is 1.71. The fraction of sp³-hybridized carbons (Fsp3) is 0.600. The third-order valence-electron chi connectivity index (χ3n) is 0.815. The molecule has 0 aromatic heterocycles. The van der Waals surface area contributed by atoms with Crippen molar-refractivity contribution < 1.29 is 9.84 Å². The molecule has 1 unspecified atom stereocenters. The Bertz CT molecular complexity index is 74.1. The second kappa shape index (κ2) is 2.09. The Balaban J connectivity index is 2.05. The highest BCUT2D eigenvalue weighted by Crippen LogP contribution is 2.08. The molecule has 0 aromatic rings. The van der Waals surface area contributed by atoms with Gasteiger partial charge in [-0.15, -0.1) is 0 Å². The number of rotatable bonds is 2. The summed E-state index contributed by atoms with van der Waals surface area (Å²) in [5, 5.41) is 8.20. The van der Waals surface area contributed by atoms with E-state index in [1.54, 1.807) is 6.08 Å². The highest BCUT2D eigenvalue weighted by molar-refractivity contribution is 4.95. The van der Waals surface area contributed by atoms with Crippen LogP contribution < -0.4 is 0 Å². The minimum atomic E-state index is 0.125. The van der Waals surface area contributed by atoms with Gasteiger partial charge >= 0.3 is 0 Å². The lowest BCUT2D eigenvalue weighted by Crippen LogP contribution is -1.76. The van der Waals surface area contributed by atoms with Crippen LogP contribution in [0.4, 0.5) is 0 Å². The Morgan fingerprint density at radius 3 is 3.00 bits per heavy atom. The van der Waals surface area contributed by atoms with Crippen molar-refractivity contribution in [1.82, 2.24) is 0 Å². The van der Waals surface area contributed by atoms with E-state index >= 15 is 0 Å². The summed E-state index contributed by atoms with van der Waals surface area (Å²) in [5.74, 6) is 0. The number of aliphatic hydroxyl groups excluding tert-OH is 1. The van der Waals surface area contributed by atoms with Crippen LogP contribution in [0.1, 0.15) is 0 Å². The number of epoxide rings is 1. The van der Waals surface area contributed by atoms with Crippen LogP contribution in [0.3, 0.4) is 0 Å². The first-order valence-electron chi connectivity index (χ1n) is 2.32. The van der Waals surface area contributed by atoms with E-state index in [1.807, 2.05) is 6.08 Å². The van der Waals surface area contributed by atoms with Gasteiger partial charge in [0.1, 0.15) is 0 Å². The van der Waals surface area contributed by atoms with E-state index < -0.39 is 0 Å². The number of aliphatic hydroxyl groups is 1. The van der Waals surface area contributed by atoms with E-state index in [9.17, 15) is 0 Å². The summed E-state index contributed by atoms with van der Waals surface area (Å²) in [6, 6.07) is 0. The summed E-state index contributed by atoms with van der Waals surface area (Å²) in [6.45, 7) is 0.955. The van der Waals surface area contributed by atoms with Crippen LogP contribution in [0.25, 0.3) is 0 Å². The molecule has 1 rings (SSSR count). The second-order valence-electron chi connectivity index (χ2n) is 1.48. The fourth-order valence-corrected chi connectivity index (χ4v) is 0.379. The van der Waals surface area contributed by atoms with Crippen LogP contribution in [0.15, 0.2) is 12.2 Å². The lowest BCUT2D eigenvalue weighted by atomic mass is 10.4. The zero-order chi connectivity index (χ0) is 5.11. The van der Waals surface area contributed by atoms with E-state index in [0.29, 0.717) is 6.10 Å². The molecule has 1 fully saturated rings. The average molecular weight is 100 g/mol. The molecule has 0 amide bonds. The van der Waals surface area contributed by atoms with Gasteiger partial charge in [0, 0.05) is 0 Å². The molecule has 0 bridgehead atoms. The zero-order valence-corrected chi connectivity index (χ0v) is 4.00. The van der Waals surface area contributed by atoms with E-state index in [2.05, 4.69) is 0 Å². The molecule has 1 saturated heterocycles. The lowest BCUT2D eigenvalue weighted by molar-refractivity contribution is 0.341. The van der Waals surface area contributed by atoms with Crippen LogP contribution in [0, 0.1) is 0 Å². The molecule has 40 valence electrons. The molecule has 0 aromatic carbocycles. The summed E-state index contributed by atoms with van der Waals surface area (Å²) in [4.78, 5) is 0. The van der Waals surface area contributed by atoms with E-state index in [-0.39, 0.29) is 6.61 Å². The predicted molar refractivity (Wildman–Crippen MR) is 26.0 cm³/mol. The maximum Gasteiger partial charge on any atom is 0.0991 e. The Hall–Kier alpha value is -0.340. The largest absolute Gasteiger partial charge is 0.392 e. The molecule has 0 saturated carbocycles. The molecule has 0 radical (unpaired) electrons. The molecular weight excluding hydrogens is 92.1 g/mol. The number of hydrogen-bond acceptors (Lipinski definition) is 2. The molecule has 1 atom stereocenters. The average Bonchev–Trinajstić information content (AvgIpc) is 2.42.